The van der Waals surface area contributed by atoms with Gasteiger partial charge < -0.3 is 15.8 Å². The Balaban J connectivity index is 1.85. The molecule has 6 heteroatoms. The fourth-order valence-electron chi connectivity index (χ4n) is 1.70. The molecule has 1 aromatic heterocycles. The molecule has 0 bridgehead atoms. The first-order chi connectivity index (χ1) is 8.16. The molecule has 3 N–H and O–H groups in total. The normalized spacial score (nSPS) is 21.4. The monoisotopic (exact) mass is 255 g/mol. The molecule has 0 spiro atoms. The highest BCUT2D eigenvalue weighted by atomic mass is 32.1. The molecule has 2 heterocycles. The van der Waals surface area contributed by atoms with E-state index in [9.17, 15) is 4.79 Å². The second kappa shape index (κ2) is 5.57. The van der Waals surface area contributed by atoms with Gasteiger partial charge in [-0.1, -0.05) is 0 Å². The summed E-state index contributed by atoms with van der Waals surface area (Å²) in [5.74, 6) is -0.149. The van der Waals surface area contributed by atoms with E-state index in [0.29, 0.717) is 12.2 Å². The average Bonchev–Trinajstić information content (AvgIpc) is 2.96. The minimum atomic E-state index is -0.149. The van der Waals surface area contributed by atoms with E-state index in [1.807, 2.05) is 6.92 Å². The number of thiazole rings is 1. The molecule has 2 atom stereocenters. The quantitative estimate of drug-likeness (QED) is 0.843. The minimum absolute atomic E-state index is 0.125. The third kappa shape index (κ3) is 3.24. The van der Waals surface area contributed by atoms with Gasteiger partial charge in [-0.05, 0) is 19.8 Å². The number of carbonyl (C=O) groups excluding carboxylic acids is 1. The first kappa shape index (κ1) is 12.5. The summed E-state index contributed by atoms with van der Waals surface area (Å²) in [4.78, 5) is 16.0. The molecule has 2 rings (SSSR count). The van der Waals surface area contributed by atoms with Crippen LogP contribution in [0.1, 0.15) is 41.3 Å². The van der Waals surface area contributed by atoms with Crippen molar-refractivity contribution in [3.63, 3.8) is 0 Å². The van der Waals surface area contributed by atoms with Crippen LogP contribution in [-0.2, 0) is 4.74 Å². The number of nitrogens with two attached hydrogens (primary N) is 1. The lowest BCUT2D eigenvalue weighted by molar-refractivity contribution is 0.0854. The number of rotatable bonds is 4. The number of hydrogen-bond donors (Lipinski definition) is 2. The first-order valence-corrected chi connectivity index (χ1v) is 6.65. The second-order valence-corrected chi connectivity index (χ2v) is 5.09. The van der Waals surface area contributed by atoms with Crippen molar-refractivity contribution in [3.05, 3.63) is 16.1 Å². The maximum atomic E-state index is 11.8. The minimum Gasteiger partial charge on any atom is -0.376 e. The van der Waals surface area contributed by atoms with Gasteiger partial charge in [0.05, 0.1) is 12.1 Å². The van der Waals surface area contributed by atoms with Gasteiger partial charge >= 0.3 is 0 Å². The number of ether oxygens (including phenoxy) is 1. The van der Waals surface area contributed by atoms with Crippen LogP contribution < -0.4 is 11.1 Å². The van der Waals surface area contributed by atoms with Crippen LogP contribution >= 0.6 is 11.3 Å². The van der Waals surface area contributed by atoms with E-state index < -0.39 is 0 Å². The van der Waals surface area contributed by atoms with Crippen molar-refractivity contribution >= 4 is 17.2 Å². The standard InChI is InChI=1S/C11H17N3O2S/c1-7(12)11-14-9(6-17-11)10(15)13-5-8-3-2-4-16-8/h6-8H,2-5,12H2,1H3,(H,13,15). The van der Waals surface area contributed by atoms with Crippen LogP contribution in [0, 0.1) is 0 Å². The van der Waals surface area contributed by atoms with Gasteiger partial charge in [0.25, 0.3) is 5.91 Å². The molecule has 94 valence electrons. The van der Waals surface area contributed by atoms with Crippen molar-refractivity contribution in [2.75, 3.05) is 13.2 Å². The van der Waals surface area contributed by atoms with E-state index in [0.717, 1.165) is 24.5 Å². The Bertz CT molecular complexity index is 386. The number of hydrogen-bond acceptors (Lipinski definition) is 5. The zero-order valence-corrected chi connectivity index (χ0v) is 10.6. The summed E-state index contributed by atoms with van der Waals surface area (Å²) in [6, 6.07) is -0.125. The lowest BCUT2D eigenvalue weighted by atomic mass is 10.2. The molecule has 1 fully saturated rings. The van der Waals surface area contributed by atoms with Gasteiger partial charge in [0, 0.05) is 18.5 Å². The number of nitrogens with zero attached hydrogens (tertiary/aromatic N) is 1. The molecule has 0 saturated carbocycles. The van der Waals surface area contributed by atoms with E-state index >= 15 is 0 Å². The van der Waals surface area contributed by atoms with Crippen molar-refractivity contribution in [1.82, 2.24) is 10.3 Å². The molecular weight excluding hydrogens is 238 g/mol. The van der Waals surface area contributed by atoms with Crippen molar-refractivity contribution in [3.8, 4) is 0 Å². The lowest BCUT2D eigenvalue weighted by Gasteiger charge is -2.09. The van der Waals surface area contributed by atoms with Crippen molar-refractivity contribution < 1.29 is 9.53 Å². The molecule has 0 aromatic carbocycles. The summed E-state index contributed by atoms with van der Waals surface area (Å²) in [6.07, 6.45) is 2.25. The highest BCUT2D eigenvalue weighted by molar-refractivity contribution is 7.09. The highest BCUT2D eigenvalue weighted by Crippen LogP contribution is 2.16. The van der Waals surface area contributed by atoms with Gasteiger partial charge in [0.15, 0.2) is 0 Å². The fourth-order valence-corrected chi connectivity index (χ4v) is 2.46. The van der Waals surface area contributed by atoms with Crippen LogP contribution in [0.25, 0.3) is 0 Å². The number of nitrogens with one attached hydrogen (secondary N) is 1. The topological polar surface area (TPSA) is 77.2 Å². The molecule has 1 saturated heterocycles. The fraction of sp³-hybridized carbons (Fsp3) is 0.636. The van der Waals surface area contributed by atoms with Crippen molar-refractivity contribution in [2.45, 2.75) is 31.9 Å². The maximum Gasteiger partial charge on any atom is 0.270 e. The zero-order valence-electron chi connectivity index (χ0n) is 9.81. The Labute approximate surface area is 104 Å². The van der Waals surface area contributed by atoms with Crippen molar-refractivity contribution in [1.29, 1.82) is 0 Å². The molecule has 5 nitrogen and oxygen atoms in total. The Morgan fingerprint density at radius 2 is 2.65 bits per heavy atom. The third-order valence-electron chi connectivity index (χ3n) is 2.66. The zero-order chi connectivity index (χ0) is 12.3. The molecule has 1 aliphatic heterocycles. The van der Waals surface area contributed by atoms with Crippen LogP contribution in [0.3, 0.4) is 0 Å². The number of aromatic nitrogens is 1. The van der Waals surface area contributed by atoms with Crippen LogP contribution in [0.4, 0.5) is 0 Å². The molecule has 17 heavy (non-hydrogen) atoms. The van der Waals surface area contributed by atoms with Gasteiger partial charge in [0.1, 0.15) is 10.7 Å². The summed E-state index contributed by atoms with van der Waals surface area (Å²) in [5, 5.41) is 5.36. The van der Waals surface area contributed by atoms with Gasteiger partial charge in [-0.2, -0.15) is 0 Å². The molecule has 0 aliphatic carbocycles. The van der Waals surface area contributed by atoms with Crippen LogP contribution in [0.5, 0.6) is 0 Å². The molecular formula is C11H17N3O2S. The second-order valence-electron chi connectivity index (χ2n) is 4.20. The van der Waals surface area contributed by atoms with Crippen LogP contribution in [0.15, 0.2) is 5.38 Å². The summed E-state index contributed by atoms with van der Waals surface area (Å²) < 4.78 is 5.43. The van der Waals surface area contributed by atoms with Gasteiger partial charge in [0.2, 0.25) is 0 Å². The number of amides is 1. The van der Waals surface area contributed by atoms with Crippen molar-refractivity contribution in [2.24, 2.45) is 5.73 Å². The number of carbonyl (C=O) groups is 1. The van der Waals surface area contributed by atoms with Gasteiger partial charge in [-0.25, -0.2) is 4.98 Å². The largest absolute Gasteiger partial charge is 0.376 e. The smallest absolute Gasteiger partial charge is 0.270 e. The van der Waals surface area contributed by atoms with Gasteiger partial charge in [-0.15, -0.1) is 11.3 Å². The summed E-state index contributed by atoms with van der Waals surface area (Å²) >= 11 is 1.42. The van der Waals surface area contributed by atoms with E-state index in [1.165, 1.54) is 11.3 Å². The molecule has 1 aromatic rings. The first-order valence-electron chi connectivity index (χ1n) is 5.77. The van der Waals surface area contributed by atoms with E-state index in [1.54, 1.807) is 5.38 Å². The Morgan fingerprint density at radius 1 is 1.82 bits per heavy atom. The SMILES string of the molecule is CC(N)c1nc(C(=O)NCC2CCCO2)cs1. The van der Waals surface area contributed by atoms with Crippen LogP contribution in [0.2, 0.25) is 0 Å². The molecule has 1 aliphatic rings. The predicted molar refractivity (Wildman–Crippen MR) is 66.0 cm³/mol. The Morgan fingerprint density at radius 3 is 3.24 bits per heavy atom. The van der Waals surface area contributed by atoms with E-state index in [2.05, 4.69) is 10.3 Å². The van der Waals surface area contributed by atoms with E-state index in [4.69, 9.17) is 10.5 Å². The summed E-state index contributed by atoms with van der Waals surface area (Å²) in [5.41, 5.74) is 6.14. The van der Waals surface area contributed by atoms with Crippen LogP contribution in [-0.4, -0.2) is 30.1 Å². The van der Waals surface area contributed by atoms with E-state index in [-0.39, 0.29) is 18.1 Å². The Hall–Kier alpha value is -0.980. The van der Waals surface area contributed by atoms with Gasteiger partial charge in [-0.3, -0.25) is 4.79 Å². The third-order valence-corrected chi connectivity index (χ3v) is 3.70. The highest BCUT2D eigenvalue weighted by Gasteiger charge is 2.18. The lowest BCUT2D eigenvalue weighted by Crippen LogP contribution is -2.32. The molecule has 0 radical (unpaired) electrons. The summed E-state index contributed by atoms with van der Waals surface area (Å²) in [7, 11) is 0. The predicted octanol–water partition coefficient (Wildman–Crippen LogP) is 1.07. The Kier molecular flexibility index (Phi) is 4.09. The average molecular weight is 255 g/mol. The molecule has 1 amide bonds. The maximum absolute atomic E-state index is 11.8. The summed E-state index contributed by atoms with van der Waals surface area (Å²) in [6.45, 7) is 3.21. The molecule has 2 unspecified atom stereocenters.